The maximum atomic E-state index is 13.6. The van der Waals surface area contributed by atoms with Crippen molar-refractivity contribution in [3.05, 3.63) is 48.3 Å². The van der Waals surface area contributed by atoms with E-state index < -0.39 is 15.8 Å². The molecule has 2 heterocycles. The number of halogens is 1. The van der Waals surface area contributed by atoms with E-state index in [4.69, 9.17) is 9.47 Å². The maximum absolute atomic E-state index is 13.6. The van der Waals surface area contributed by atoms with Gasteiger partial charge in [0.1, 0.15) is 5.82 Å². The Labute approximate surface area is 177 Å². The highest BCUT2D eigenvalue weighted by atomic mass is 32.2. The van der Waals surface area contributed by atoms with Gasteiger partial charge in [-0.3, -0.25) is 4.31 Å². The van der Waals surface area contributed by atoms with Gasteiger partial charge in [-0.15, -0.1) is 0 Å². The average molecular weight is 435 g/mol. The minimum absolute atomic E-state index is 0.0752. The Balaban J connectivity index is 1.68. The van der Waals surface area contributed by atoms with Gasteiger partial charge >= 0.3 is 0 Å². The molecule has 2 aliphatic rings. The second-order valence-electron chi connectivity index (χ2n) is 8.22. The molecule has 30 heavy (non-hydrogen) atoms. The van der Waals surface area contributed by atoms with Crippen molar-refractivity contribution in [1.82, 2.24) is 4.90 Å². The molecule has 162 valence electrons. The molecular formula is C22H27FN2O4S. The van der Waals surface area contributed by atoms with Crippen LogP contribution >= 0.6 is 0 Å². The van der Waals surface area contributed by atoms with Crippen molar-refractivity contribution in [2.45, 2.75) is 37.6 Å². The lowest BCUT2D eigenvalue weighted by Gasteiger charge is -2.39. The molecule has 0 N–H and O–H groups in total. The lowest BCUT2D eigenvalue weighted by atomic mass is 10.0. The SMILES string of the molecule is CC(C)CN1CCC(N(c2ccc3c(c2)OCO3)S(=O)(=O)c2ccc(F)cc2)CC1. The van der Waals surface area contributed by atoms with Crippen LogP contribution in [0.15, 0.2) is 47.4 Å². The Hall–Kier alpha value is -2.32. The molecule has 4 rings (SSSR count). The van der Waals surface area contributed by atoms with Crippen molar-refractivity contribution in [3.8, 4) is 11.5 Å². The number of likely N-dealkylation sites (tertiary alicyclic amines) is 1. The second-order valence-corrected chi connectivity index (χ2v) is 10.0. The van der Waals surface area contributed by atoms with E-state index in [-0.39, 0.29) is 17.7 Å². The van der Waals surface area contributed by atoms with E-state index in [0.717, 1.165) is 32.5 Å². The maximum Gasteiger partial charge on any atom is 0.264 e. The van der Waals surface area contributed by atoms with Gasteiger partial charge in [-0.05, 0) is 55.2 Å². The van der Waals surface area contributed by atoms with Gasteiger partial charge in [0.05, 0.1) is 10.6 Å². The molecule has 2 aliphatic heterocycles. The summed E-state index contributed by atoms with van der Waals surface area (Å²) in [5.74, 6) is 1.23. The smallest absolute Gasteiger partial charge is 0.264 e. The fourth-order valence-electron chi connectivity index (χ4n) is 4.14. The van der Waals surface area contributed by atoms with Crippen LogP contribution in [0.5, 0.6) is 11.5 Å². The van der Waals surface area contributed by atoms with Crippen LogP contribution in [0.1, 0.15) is 26.7 Å². The molecule has 0 atom stereocenters. The van der Waals surface area contributed by atoms with Crippen molar-refractivity contribution in [3.63, 3.8) is 0 Å². The molecule has 2 aromatic rings. The van der Waals surface area contributed by atoms with Crippen molar-refractivity contribution < 1.29 is 22.3 Å². The first-order chi connectivity index (χ1) is 14.3. The standard InChI is InChI=1S/C22H27FN2O4S/c1-16(2)14-24-11-9-18(10-12-24)25(19-5-8-21-22(13-19)29-15-28-21)30(26,27)20-6-3-17(23)4-7-20/h3-8,13,16,18H,9-12,14-15H2,1-2H3. The molecule has 0 radical (unpaired) electrons. The molecule has 0 bridgehead atoms. The fourth-order valence-corrected chi connectivity index (χ4v) is 5.84. The number of hydrogen-bond acceptors (Lipinski definition) is 5. The summed E-state index contributed by atoms with van der Waals surface area (Å²) in [4.78, 5) is 2.45. The van der Waals surface area contributed by atoms with Gasteiger partial charge in [-0.25, -0.2) is 12.8 Å². The number of sulfonamides is 1. The van der Waals surface area contributed by atoms with Gasteiger partial charge < -0.3 is 14.4 Å². The summed E-state index contributed by atoms with van der Waals surface area (Å²) in [7, 11) is -3.88. The molecule has 1 fully saturated rings. The number of rotatable bonds is 6. The van der Waals surface area contributed by atoms with Crippen LogP contribution in [0.25, 0.3) is 0 Å². The van der Waals surface area contributed by atoms with Crippen LogP contribution in [-0.2, 0) is 10.0 Å². The molecule has 0 aliphatic carbocycles. The highest BCUT2D eigenvalue weighted by Gasteiger charge is 2.35. The Morgan fingerprint density at radius 1 is 1.07 bits per heavy atom. The van der Waals surface area contributed by atoms with E-state index in [1.54, 1.807) is 18.2 Å². The number of benzene rings is 2. The van der Waals surface area contributed by atoms with E-state index in [0.29, 0.717) is 23.1 Å². The van der Waals surface area contributed by atoms with E-state index in [1.165, 1.54) is 28.6 Å². The van der Waals surface area contributed by atoms with Gasteiger partial charge in [-0.2, -0.15) is 0 Å². The number of anilines is 1. The number of fused-ring (bicyclic) bond motifs is 1. The zero-order chi connectivity index (χ0) is 21.3. The van der Waals surface area contributed by atoms with Crippen LogP contribution < -0.4 is 13.8 Å². The van der Waals surface area contributed by atoms with Gasteiger partial charge in [-0.1, -0.05) is 13.8 Å². The van der Waals surface area contributed by atoms with Crippen LogP contribution in [0.2, 0.25) is 0 Å². The molecule has 0 aromatic heterocycles. The van der Waals surface area contributed by atoms with E-state index >= 15 is 0 Å². The monoisotopic (exact) mass is 434 g/mol. The summed E-state index contributed by atoms with van der Waals surface area (Å²) in [6.07, 6.45) is 1.45. The summed E-state index contributed by atoms with van der Waals surface area (Å²) in [6.45, 7) is 7.16. The molecule has 0 unspecified atom stereocenters. The molecule has 0 amide bonds. The molecule has 0 spiro atoms. The molecule has 0 saturated carbocycles. The summed E-state index contributed by atoms with van der Waals surface area (Å²) in [6, 6.07) is 9.99. The largest absolute Gasteiger partial charge is 0.454 e. The van der Waals surface area contributed by atoms with Crippen LogP contribution in [0.3, 0.4) is 0 Å². The van der Waals surface area contributed by atoms with E-state index in [9.17, 15) is 12.8 Å². The van der Waals surface area contributed by atoms with Crippen molar-refractivity contribution in [2.75, 3.05) is 30.7 Å². The van der Waals surface area contributed by atoms with Gasteiger partial charge in [0.15, 0.2) is 11.5 Å². The van der Waals surface area contributed by atoms with Crippen molar-refractivity contribution in [1.29, 1.82) is 0 Å². The zero-order valence-corrected chi connectivity index (χ0v) is 18.1. The molecule has 1 saturated heterocycles. The Bertz CT molecular complexity index is 987. The van der Waals surface area contributed by atoms with Crippen LogP contribution in [0.4, 0.5) is 10.1 Å². The molecule has 2 aromatic carbocycles. The summed E-state index contributed by atoms with van der Waals surface area (Å²) < 4.78 is 53.0. The summed E-state index contributed by atoms with van der Waals surface area (Å²) in [5, 5.41) is 0. The average Bonchev–Trinajstić information content (AvgIpc) is 3.17. The second kappa shape index (κ2) is 8.43. The third-order valence-corrected chi connectivity index (χ3v) is 7.39. The third kappa shape index (κ3) is 4.25. The minimum Gasteiger partial charge on any atom is -0.454 e. The number of hydrogen-bond donors (Lipinski definition) is 0. The first-order valence-electron chi connectivity index (χ1n) is 10.3. The lowest BCUT2D eigenvalue weighted by molar-refractivity contribution is 0.174. The van der Waals surface area contributed by atoms with Gasteiger partial charge in [0.25, 0.3) is 10.0 Å². The Morgan fingerprint density at radius 3 is 2.40 bits per heavy atom. The number of ether oxygens (including phenoxy) is 2. The lowest BCUT2D eigenvalue weighted by Crippen LogP contribution is -2.48. The summed E-state index contributed by atoms with van der Waals surface area (Å²) in [5.41, 5.74) is 0.533. The van der Waals surface area contributed by atoms with Crippen LogP contribution in [0, 0.1) is 11.7 Å². The van der Waals surface area contributed by atoms with Gasteiger partial charge in [0, 0.05) is 31.7 Å². The molecule has 6 nitrogen and oxygen atoms in total. The van der Waals surface area contributed by atoms with Crippen molar-refractivity contribution in [2.24, 2.45) is 5.92 Å². The minimum atomic E-state index is -3.88. The Morgan fingerprint density at radius 2 is 1.73 bits per heavy atom. The van der Waals surface area contributed by atoms with Crippen molar-refractivity contribution >= 4 is 15.7 Å². The van der Waals surface area contributed by atoms with Crippen LogP contribution in [-0.4, -0.2) is 45.8 Å². The molecular weight excluding hydrogens is 407 g/mol. The predicted octanol–water partition coefficient (Wildman–Crippen LogP) is 3.87. The van der Waals surface area contributed by atoms with E-state index in [2.05, 4.69) is 18.7 Å². The number of piperidine rings is 1. The quantitative estimate of drug-likeness (QED) is 0.691. The van der Waals surface area contributed by atoms with Gasteiger partial charge in [0.2, 0.25) is 6.79 Å². The zero-order valence-electron chi connectivity index (χ0n) is 17.3. The van der Waals surface area contributed by atoms with E-state index in [1.807, 2.05) is 0 Å². The highest BCUT2D eigenvalue weighted by Crippen LogP contribution is 2.39. The Kier molecular flexibility index (Phi) is 5.88. The predicted molar refractivity (Wildman–Crippen MR) is 113 cm³/mol. The first-order valence-corrected chi connectivity index (χ1v) is 11.7. The molecule has 8 heteroatoms. The third-order valence-electron chi connectivity index (χ3n) is 5.49. The highest BCUT2D eigenvalue weighted by molar-refractivity contribution is 7.92. The topological polar surface area (TPSA) is 59.1 Å². The summed E-state index contributed by atoms with van der Waals surface area (Å²) >= 11 is 0. The normalized spacial score (nSPS) is 17.5. The first kappa shape index (κ1) is 20.9. The fraction of sp³-hybridized carbons (Fsp3) is 0.455. The number of nitrogens with zero attached hydrogens (tertiary/aromatic N) is 2.